The molecule has 3 fully saturated rings. The molecule has 0 aliphatic heterocycles. The lowest BCUT2D eigenvalue weighted by molar-refractivity contribution is -0.151. The summed E-state index contributed by atoms with van der Waals surface area (Å²) in [6.45, 7) is 13.3. The summed E-state index contributed by atoms with van der Waals surface area (Å²) >= 11 is 0. The lowest BCUT2D eigenvalue weighted by Crippen LogP contribution is -2.51. The number of ether oxygens (including phenoxy) is 2. The smallest absolute Gasteiger partial charge is 0.306 e. The van der Waals surface area contributed by atoms with Crippen LogP contribution in [0.4, 0.5) is 0 Å². The maximum absolute atomic E-state index is 12.9. The molecular formula is C48H67NO3. The molecule has 2 aromatic carbocycles. The van der Waals surface area contributed by atoms with E-state index in [-0.39, 0.29) is 12.1 Å². The molecular weight excluding hydrogens is 639 g/mol. The van der Waals surface area contributed by atoms with Gasteiger partial charge in [-0.15, -0.1) is 0 Å². The van der Waals surface area contributed by atoms with E-state index in [1.54, 1.807) is 5.57 Å². The lowest BCUT2D eigenvalue weighted by atomic mass is 9.47. The van der Waals surface area contributed by atoms with Crippen LogP contribution in [0.3, 0.4) is 0 Å². The van der Waals surface area contributed by atoms with Gasteiger partial charge in [0.25, 0.3) is 0 Å². The zero-order valence-electron chi connectivity index (χ0n) is 33.1. The van der Waals surface area contributed by atoms with Crippen molar-refractivity contribution in [1.82, 2.24) is 0 Å². The number of unbranched alkanes of at least 4 members (excludes halogenated alkanes) is 4. The van der Waals surface area contributed by atoms with Gasteiger partial charge in [-0.1, -0.05) is 109 Å². The highest BCUT2D eigenvalue weighted by atomic mass is 16.5. The van der Waals surface area contributed by atoms with Gasteiger partial charge in [0.05, 0.1) is 18.2 Å². The summed E-state index contributed by atoms with van der Waals surface area (Å²) in [6, 6.07) is 18.0. The van der Waals surface area contributed by atoms with Crippen molar-refractivity contribution in [3.8, 4) is 22.9 Å². The second kappa shape index (κ2) is 17.4. The van der Waals surface area contributed by atoms with E-state index in [0.717, 1.165) is 97.3 Å². The van der Waals surface area contributed by atoms with Crippen molar-refractivity contribution >= 4 is 5.97 Å². The van der Waals surface area contributed by atoms with Crippen LogP contribution >= 0.6 is 0 Å². The second-order valence-corrected chi connectivity index (χ2v) is 18.2. The molecule has 0 N–H and O–H groups in total. The van der Waals surface area contributed by atoms with Crippen LogP contribution in [-0.2, 0) is 9.53 Å². The van der Waals surface area contributed by atoms with E-state index >= 15 is 0 Å². The van der Waals surface area contributed by atoms with Gasteiger partial charge in [-0.25, -0.2) is 0 Å². The molecule has 0 unspecified atom stereocenters. The molecule has 52 heavy (non-hydrogen) atoms. The normalized spacial score (nSPS) is 30.0. The molecule has 4 heteroatoms. The Labute approximate surface area is 316 Å². The van der Waals surface area contributed by atoms with Crippen LogP contribution in [0.25, 0.3) is 11.1 Å². The Morgan fingerprint density at radius 2 is 1.54 bits per heavy atom. The molecule has 3 saturated carbocycles. The van der Waals surface area contributed by atoms with Crippen molar-refractivity contribution in [3.05, 3.63) is 65.7 Å². The number of nitriles is 1. The van der Waals surface area contributed by atoms with E-state index < -0.39 is 0 Å². The monoisotopic (exact) mass is 706 g/mol. The second-order valence-electron chi connectivity index (χ2n) is 18.2. The molecule has 0 heterocycles. The minimum atomic E-state index is 0.00335. The number of hydrogen-bond donors (Lipinski definition) is 0. The number of esters is 1. The van der Waals surface area contributed by atoms with Gasteiger partial charge in [0, 0.05) is 12.8 Å². The van der Waals surface area contributed by atoms with Crippen LogP contribution < -0.4 is 4.74 Å². The number of nitrogens with zero attached hydrogens (tertiary/aromatic N) is 1. The summed E-state index contributed by atoms with van der Waals surface area (Å²) in [7, 11) is 0. The van der Waals surface area contributed by atoms with Crippen LogP contribution in [0.15, 0.2) is 60.2 Å². The fourth-order valence-corrected chi connectivity index (χ4v) is 11.6. The molecule has 2 aromatic rings. The molecule has 0 radical (unpaired) electrons. The number of benzene rings is 2. The SMILES string of the molecule is CC(C)CCC[C@@H](C)[C@H]1CC[C@H]2[C@@H]3CC=C4C[C@@H](OC(=O)CCCCCCCOc5ccc(-c6ccc(C#N)cc6)cc5)CC[C@]4(C)[C@H]3CC[C@]12C. The van der Waals surface area contributed by atoms with Gasteiger partial charge < -0.3 is 9.47 Å². The van der Waals surface area contributed by atoms with Crippen molar-refractivity contribution in [2.45, 2.75) is 150 Å². The quantitative estimate of drug-likeness (QED) is 0.0991. The van der Waals surface area contributed by atoms with Gasteiger partial charge in [-0.05, 0) is 140 Å². The van der Waals surface area contributed by atoms with Crippen molar-refractivity contribution in [3.63, 3.8) is 0 Å². The Balaban J connectivity index is 0.870. The first-order chi connectivity index (χ1) is 25.1. The van der Waals surface area contributed by atoms with Crippen molar-refractivity contribution in [2.75, 3.05) is 6.61 Å². The highest BCUT2D eigenvalue weighted by Gasteiger charge is 2.59. The third kappa shape index (κ3) is 8.83. The van der Waals surface area contributed by atoms with Crippen LogP contribution in [-0.4, -0.2) is 18.7 Å². The average molecular weight is 706 g/mol. The number of fused-ring (bicyclic) bond motifs is 5. The molecule has 0 aromatic heterocycles. The summed E-state index contributed by atoms with van der Waals surface area (Å²) in [5.74, 6) is 6.02. The Hall–Kier alpha value is -3.06. The number of carbonyl (C=O) groups excluding carboxylic acids is 1. The predicted octanol–water partition coefficient (Wildman–Crippen LogP) is 12.9. The van der Waals surface area contributed by atoms with Crippen LogP contribution in [0.5, 0.6) is 5.75 Å². The Bertz CT molecular complexity index is 1530. The van der Waals surface area contributed by atoms with E-state index in [0.29, 0.717) is 29.4 Å². The van der Waals surface area contributed by atoms with Crippen molar-refractivity contribution < 1.29 is 14.3 Å². The van der Waals surface area contributed by atoms with Crippen LogP contribution in [0, 0.1) is 57.7 Å². The summed E-state index contributed by atoms with van der Waals surface area (Å²) in [6.07, 6.45) is 22.7. The van der Waals surface area contributed by atoms with Crippen molar-refractivity contribution in [2.24, 2.45) is 46.3 Å². The molecule has 0 saturated heterocycles. The third-order valence-electron chi connectivity index (χ3n) is 14.6. The molecule has 4 aliphatic carbocycles. The van der Waals surface area contributed by atoms with E-state index in [4.69, 9.17) is 14.7 Å². The predicted molar refractivity (Wildman–Crippen MR) is 213 cm³/mol. The Kier molecular flexibility index (Phi) is 12.9. The third-order valence-corrected chi connectivity index (χ3v) is 14.6. The maximum atomic E-state index is 12.9. The number of hydrogen-bond acceptors (Lipinski definition) is 4. The number of allylic oxidation sites excluding steroid dienone is 1. The van der Waals surface area contributed by atoms with Gasteiger partial charge >= 0.3 is 5.97 Å². The topological polar surface area (TPSA) is 59.3 Å². The first kappa shape index (κ1) is 38.7. The van der Waals surface area contributed by atoms with Crippen LogP contribution in [0.2, 0.25) is 0 Å². The minimum absolute atomic E-state index is 0.00335. The Morgan fingerprint density at radius 3 is 2.27 bits per heavy atom. The van der Waals surface area contributed by atoms with E-state index in [9.17, 15) is 4.79 Å². The molecule has 8 atom stereocenters. The average Bonchev–Trinajstić information content (AvgIpc) is 3.50. The maximum Gasteiger partial charge on any atom is 0.306 e. The van der Waals surface area contributed by atoms with Gasteiger partial charge in [0.2, 0.25) is 0 Å². The fourth-order valence-electron chi connectivity index (χ4n) is 11.6. The van der Waals surface area contributed by atoms with E-state index in [1.807, 2.05) is 36.4 Å². The highest BCUT2D eigenvalue weighted by molar-refractivity contribution is 5.69. The zero-order chi connectivity index (χ0) is 36.7. The highest BCUT2D eigenvalue weighted by Crippen LogP contribution is 2.67. The molecule has 4 nitrogen and oxygen atoms in total. The van der Waals surface area contributed by atoms with Crippen LogP contribution in [0.1, 0.15) is 149 Å². The first-order valence-corrected chi connectivity index (χ1v) is 21.2. The summed E-state index contributed by atoms with van der Waals surface area (Å²) in [5, 5.41) is 9.01. The summed E-state index contributed by atoms with van der Waals surface area (Å²) in [5.41, 5.74) is 5.32. The lowest BCUT2D eigenvalue weighted by Gasteiger charge is -2.58. The number of carbonyl (C=O) groups is 1. The van der Waals surface area contributed by atoms with Gasteiger partial charge in [0.1, 0.15) is 11.9 Å². The zero-order valence-corrected chi connectivity index (χ0v) is 33.1. The molecule has 0 bridgehead atoms. The molecule has 0 spiro atoms. The fraction of sp³-hybridized carbons (Fsp3) is 0.667. The van der Waals surface area contributed by atoms with E-state index in [1.165, 1.54) is 57.8 Å². The number of rotatable bonds is 16. The molecule has 4 aliphatic rings. The largest absolute Gasteiger partial charge is 0.494 e. The van der Waals surface area contributed by atoms with Gasteiger partial charge in [0.15, 0.2) is 0 Å². The standard InChI is InChI=1S/C48H67NO3/c1-34(2)12-11-13-35(3)43-25-26-44-42-24-21-39-32-41(27-29-47(39,4)45(42)28-30-48(43,44)5)52-46(50)14-9-7-6-8-10-31-51-40-22-19-38(20-23-40)37-17-15-36(33-49)16-18-37/h15-23,34-35,41-45H,6-14,24-32H2,1-5H3/t35-,41+,42+,43-,44+,45+,47+,48-/m1/s1. The van der Waals surface area contributed by atoms with Gasteiger partial charge in [-0.3, -0.25) is 4.79 Å². The summed E-state index contributed by atoms with van der Waals surface area (Å²) in [4.78, 5) is 12.9. The summed E-state index contributed by atoms with van der Waals surface area (Å²) < 4.78 is 12.1. The minimum Gasteiger partial charge on any atom is -0.494 e. The van der Waals surface area contributed by atoms with Crippen molar-refractivity contribution in [1.29, 1.82) is 5.26 Å². The molecule has 6 rings (SSSR count). The van der Waals surface area contributed by atoms with E-state index in [2.05, 4.69) is 58.9 Å². The first-order valence-electron chi connectivity index (χ1n) is 21.2. The molecule has 0 amide bonds. The molecule has 282 valence electrons. The Morgan fingerprint density at radius 1 is 0.827 bits per heavy atom. The van der Waals surface area contributed by atoms with Gasteiger partial charge in [-0.2, -0.15) is 5.26 Å².